The summed E-state index contributed by atoms with van der Waals surface area (Å²) in [5, 5.41) is 13.3. The highest BCUT2D eigenvalue weighted by atomic mass is 19.4. The van der Waals surface area contributed by atoms with E-state index in [9.17, 15) is 23.3 Å². The standard InChI is InChI=1S/C12H9F3N2O4/c13-12(14,15)21-9-3-1-8(2-4-9)16-7-10-5-6-11(20-10)17(18)19/h1-6,16H,7H2. The first-order valence-electron chi connectivity index (χ1n) is 5.66. The Morgan fingerprint density at radius 1 is 1.19 bits per heavy atom. The molecule has 0 saturated heterocycles. The molecule has 2 aromatic rings. The first-order chi connectivity index (χ1) is 9.83. The number of alkyl halides is 3. The zero-order chi connectivity index (χ0) is 15.5. The summed E-state index contributed by atoms with van der Waals surface area (Å²) in [6, 6.07) is 7.74. The smallest absolute Gasteiger partial charge is 0.406 e. The Balaban J connectivity index is 1.92. The lowest BCUT2D eigenvalue weighted by atomic mass is 10.3. The maximum atomic E-state index is 12.0. The average Bonchev–Trinajstić information content (AvgIpc) is 2.85. The molecule has 0 aliphatic heterocycles. The minimum Gasteiger partial charge on any atom is -0.406 e. The van der Waals surface area contributed by atoms with E-state index in [1.54, 1.807) is 0 Å². The molecule has 0 fully saturated rings. The zero-order valence-electron chi connectivity index (χ0n) is 10.4. The van der Waals surface area contributed by atoms with Crippen molar-refractivity contribution in [3.8, 4) is 5.75 Å². The van der Waals surface area contributed by atoms with Gasteiger partial charge in [-0.3, -0.25) is 10.1 Å². The first kappa shape index (κ1) is 14.7. The summed E-state index contributed by atoms with van der Waals surface area (Å²) < 4.78 is 44.6. The third kappa shape index (κ3) is 4.41. The molecule has 0 aliphatic carbocycles. The number of anilines is 1. The molecule has 21 heavy (non-hydrogen) atoms. The van der Waals surface area contributed by atoms with E-state index >= 15 is 0 Å². The van der Waals surface area contributed by atoms with E-state index in [-0.39, 0.29) is 18.2 Å². The van der Waals surface area contributed by atoms with Gasteiger partial charge < -0.3 is 14.5 Å². The van der Waals surface area contributed by atoms with Crippen molar-refractivity contribution in [2.24, 2.45) is 0 Å². The summed E-state index contributed by atoms with van der Waals surface area (Å²) >= 11 is 0. The molecule has 0 spiro atoms. The molecule has 1 aromatic carbocycles. The third-order valence-corrected chi connectivity index (χ3v) is 2.38. The predicted molar refractivity (Wildman–Crippen MR) is 65.8 cm³/mol. The van der Waals surface area contributed by atoms with Crippen molar-refractivity contribution in [1.29, 1.82) is 0 Å². The predicted octanol–water partition coefficient (Wildman–Crippen LogP) is 3.70. The first-order valence-corrected chi connectivity index (χ1v) is 5.66. The Morgan fingerprint density at radius 2 is 1.86 bits per heavy atom. The molecule has 0 bridgehead atoms. The van der Waals surface area contributed by atoms with Crippen LogP contribution in [0, 0.1) is 10.1 Å². The summed E-state index contributed by atoms with van der Waals surface area (Å²) in [6.45, 7) is 0.160. The average molecular weight is 302 g/mol. The summed E-state index contributed by atoms with van der Waals surface area (Å²) in [7, 11) is 0. The molecule has 1 heterocycles. The van der Waals surface area contributed by atoms with Gasteiger partial charge in [0, 0.05) is 5.69 Å². The summed E-state index contributed by atoms with van der Waals surface area (Å²) in [4.78, 5) is 9.77. The van der Waals surface area contributed by atoms with Crippen molar-refractivity contribution in [1.82, 2.24) is 0 Å². The van der Waals surface area contributed by atoms with Crippen molar-refractivity contribution >= 4 is 11.6 Å². The van der Waals surface area contributed by atoms with Crippen LogP contribution < -0.4 is 10.1 Å². The molecule has 2 rings (SSSR count). The fourth-order valence-corrected chi connectivity index (χ4v) is 1.52. The largest absolute Gasteiger partial charge is 0.573 e. The third-order valence-electron chi connectivity index (χ3n) is 2.38. The number of halogens is 3. The fourth-order valence-electron chi connectivity index (χ4n) is 1.52. The lowest BCUT2D eigenvalue weighted by molar-refractivity contribution is -0.402. The normalized spacial score (nSPS) is 11.2. The number of hydrogen-bond acceptors (Lipinski definition) is 5. The monoisotopic (exact) mass is 302 g/mol. The second-order valence-corrected chi connectivity index (χ2v) is 3.92. The van der Waals surface area contributed by atoms with Gasteiger partial charge in [0.2, 0.25) is 0 Å². The second kappa shape index (κ2) is 5.73. The van der Waals surface area contributed by atoms with Gasteiger partial charge in [-0.25, -0.2) is 0 Å². The Morgan fingerprint density at radius 3 is 2.38 bits per heavy atom. The van der Waals surface area contributed by atoms with Gasteiger partial charge in [-0.15, -0.1) is 13.2 Å². The molecule has 0 atom stereocenters. The maximum Gasteiger partial charge on any atom is 0.573 e. The van der Waals surface area contributed by atoms with Crippen LogP contribution in [0.1, 0.15) is 5.76 Å². The van der Waals surface area contributed by atoms with Crippen molar-refractivity contribution in [2.75, 3.05) is 5.32 Å². The zero-order valence-corrected chi connectivity index (χ0v) is 10.4. The van der Waals surface area contributed by atoms with Gasteiger partial charge in [-0.1, -0.05) is 0 Å². The van der Waals surface area contributed by atoms with Gasteiger partial charge in [0.15, 0.2) is 0 Å². The number of ether oxygens (including phenoxy) is 1. The number of nitrogens with zero attached hydrogens (tertiary/aromatic N) is 1. The van der Waals surface area contributed by atoms with Gasteiger partial charge in [-0.05, 0) is 30.3 Å². The molecule has 112 valence electrons. The fraction of sp³-hybridized carbons (Fsp3) is 0.167. The Kier molecular flexibility index (Phi) is 4.01. The number of furan rings is 1. The van der Waals surface area contributed by atoms with E-state index in [1.807, 2.05) is 0 Å². The molecule has 0 saturated carbocycles. The molecular weight excluding hydrogens is 293 g/mol. The summed E-state index contributed by atoms with van der Waals surface area (Å²) in [5.74, 6) is -0.375. The van der Waals surface area contributed by atoms with Crippen molar-refractivity contribution in [3.05, 3.63) is 52.3 Å². The van der Waals surface area contributed by atoms with Crippen LogP contribution in [-0.2, 0) is 6.54 Å². The Bertz CT molecular complexity index is 622. The highest BCUT2D eigenvalue weighted by Crippen LogP contribution is 2.24. The van der Waals surface area contributed by atoms with Gasteiger partial charge in [-0.2, -0.15) is 0 Å². The van der Waals surface area contributed by atoms with Crippen LogP contribution in [0.2, 0.25) is 0 Å². The lowest BCUT2D eigenvalue weighted by Crippen LogP contribution is -2.17. The molecule has 6 nitrogen and oxygen atoms in total. The van der Waals surface area contributed by atoms with Crippen LogP contribution in [0.3, 0.4) is 0 Å². The van der Waals surface area contributed by atoms with E-state index < -0.39 is 11.3 Å². The maximum absolute atomic E-state index is 12.0. The molecule has 9 heteroatoms. The number of hydrogen-bond donors (Lipinski definition) is 1. The number of benzene rings is 1. The minimum atomic E-state index is -4.73. The highest BCUT2D eigenvalue weighted by Gasteiger charge is 2.30. The van der Waals surface area contributed by atoms with Crippen LogP contribution >= 0.6 is 0 Å². The van der Waals surface area contributed by atoms with Crippen molar-refractivity contribution in [2.45, 2.75) is 12.9 Å². The topological polar surface area (TPSA) is 77.5 Å². The van der Waals surface area contributed by atoms with E-state index in [1.165, 1.54) is 24.3 Å². The number of nitro groups is 1. The molecule has 0 amide bonds. The number of nitrogens with one attached hydrogen (secondary N) is 1. The van der Waals surface area contributed by atoms with Crippen LogP contribution in [0.15, 0.2) is 40.8 Å². The van der Waals surface area contributed by atoms with Crippen molar-refractivity contribution in [3.63, 3.8) is 0 Å². The minimum absolute atomic E-state index is 0.160. The van der Waals surface area contributed by atoms with Gasteiger partial charge >= 0.3 is 12.2 Å². The Hall–Kier alpha value is -2.71. The van der Waals surface area contributed by atoms with E-state index in [2.05, 4.69) is 10.1 Å². The van der Waals surface area contributed by atoms with Gasteiger partial charge in [0.1, 0.15) is 16.4 Å². The molecule has 0 aliphatic rings. The van der Waals surface area contributed by atoms with Gasteiger partial charge in [0.25, 0.3) is 0 Å². The molecular formula is C12H9F3N2O4. The van der Waals surface area contributed by atoms with Crippen LogP contribution in [0.4, 0.5) is 24.7 Å². The van der Waals surface area contributed by atoms with Crippen LogP contribution in [0.25, 0.3) is 0 Å². The van der Waals surface area contributed by atoms with E-state index in [4.69, 9.17) is 4.42 Å². The quantitative estimate of drug-likeness (QED) is 0.673. The summed E-state index contributed by atoms with van der Waals surface area (Å²) in [6.07, 6.45) is -4.73. The molecule has 0 radical (unpaired) electrons. The molecule has 1 N–H and O–H groups in total. The summed E-state index contributed by atoms with van der Waals surface area (Å²) in [5.41, 5.74) is 0.517. The van der Waals surface area contributed by atoms with E-state index in [0.717, 1.165) is 12.1 Å². The molecule has 0 unspecified atom stereocenters. The molecule has 1 aromatic heterocycles. The van der Waals surface area contributed by atoms with E-state index in [0.29, 0.717) is 11.4 Å². The number of rotatable bonds is 5. The SMILES string of the molecule is O=[N+]([O-])c1ccc(CNc2ccc(OC(F)(F)F)cc2)o1. The second-order valence-electron chi connectivity index (χ2n) is 3.92. The lowest BCUT2D eigenvalue weighted by Gasteiger charge is -2.09. The highest BCUT2D eigenvalue weighted by molar-refractivity contribution is 5.46. The van der Waals surface area contributed by atoms with Crippen molar-refractivity contribution < 1.29 is 27.2 Å². The Labute approximate surface area is 116 Å². The van der Waals surface area contributed by atoms with Crippen LogP contribution in [0.5, 0.6) is 5.75 Å². The van der Waals surface area contributed by atoms with Gasteiger partial charge in [0.05, 0.1) is 12.6 Å². The van der Waals surface area contributed by atoms with Crippen LogP contribution in [-0.4, -0.2) is 11.3 Å².